The Kier molecular flexibility index (Phi) is 13.3. The highest BCUT2D eigenvalue weighted by Gasteiger charge is 2.41. The number of carbonyl (C=O) groups is 3. The molecule has 1 heterocycles. The third-order valence-electron chi connectivity index (χ3n) is 7.19. The van der Waals surface area contributed by atoms with Crippen molar-refractivity contribution >= 4 is 28.7 Å². The van der Waals surface area contributed by atoms with Gasteiger partial charge in [0.25, 0.3) is 0 Å². The number of carbonyl (C=O) groups excluding carboxylic acids is 2. The molecule has 2 rings (SSSR count). The molecule has 0 saturated carbocycles. The predicted octanol–water partition coefficient (Wildman–Crippen LogP) is 4.20. The first kappa shape index (κ1) is 35.9. The van der Waals surface area contributed by atoms with Gasteiger partial charge in [-0.05, 0) is 49.7 Å². The van der Waals surface area contributed by atoms with Gasteiger partial charge in [0.05, 0.1) is 6.04 Å². The number of fused-ring (bicyclic) bond motifs is 1. The number of nitrogens with zero attached hydrogens (tertiary/aromatic N) is 2. The molecule has 41 heavy (non-hydrogen) atoms. The smallest absolute Gasteiger partial charge is 0.331 e. The molecule has 4 N–H and O–H groups in total. The third kappa shape index (κ3) is 9.16. The summed E-state index contributed by atoms with van der Waals surface area (Å²) in [5.41, 5.74) is 2.24. The average molecular weight is 572 g/mol. The molecule has 9 heteroatoms. The molecule has 0 aliphatic carbocycles. The largest absolute Gasteiger partial charge is 0.478 e. The summed E-state index contributed by atoms with van der Waals surface area (Å²) in [6.45, 7) is 16.4. The minimum Gasteiger partial charge on any atom is -0.478 e. The number of amides is 2. The minimum absolute atomic E-state index is 0.130. The minimum atomic E-state index is -1.03. The Morgan fingerprint density at radius 3 is 2.15 bits per heavy atom. The number of carboxylic acid groups (broad SMARTS) is 1. The van der Waals surface area contributed by atoms with E-state index in [2.05, 4.69) is 58.8 Å². The molecule has 2 aromatic rings. The van der Waals surface area contributed by atoms with Crippen LogP contribution in [0.1, 0.15) is 72.9 Å². The quantitative estimate of drug-likeness (QED) is 0.301. The lowest BCUT2D eigenvalue weighted by molar-refractivity contribution is -0.139. The third-order valence-corrected chi connectivity index (χ3v) is 7.19. The molecule has 1 aromatic heterocycles. The van der Waals surface area contributed by atoms with Crippen molar-refractivity contribution in [2.45, 2.75) is 85.9 Å². The van der Waals surface area contributed by atoms with Crippen molar-refractivity contribution in [1.82, 2.24) is 25.4 Å². The molecular formula is C32H53N5O4. The molecule has 2 amide bonds. The van der Waals surface area contributed by atoms with Crippen molar-refractivity contribution in [3.63, 3.8) is 0 Å². The molecule has 0 bridgehead atoms. The SMILES string of the molecule is CCC.CNCc1ccc2c(c1)c(C(C)(C)C(NC)C(=O)NC(C(=O)N(C)C/C=C(\C)C(=O)O)C(C)(C)C)cn2C. The number of hydrogen-bond acceptors (Lipinski definition) is 5. The Labute approximate surface area is 246 Å². The fourth-order valence-corrected chi connectivity index (χ4v) is 4.79. The zero-order valence-corrected chi connectivity index (χ0v) is 27.2. The summed E-state index contributed by atoms with van der Waals surface area (Å²) in [4.78, 5) is 39.8. The second-order valence-electron chi connectivity index (χ2n) is 12.4. The van der Waals surface area contributed by atoms with E-state index in [-0.39, 0.29) is 23.9 Å². The highest BCUT2D eigenvalue weighted by atomic mass is 16.4. The van der Waals surface area contributed by atoms with Crippen LogP contribution in [0.15, 0.2) is 36.0 Å². The number of aliphatic carboxylic acids is 1. The van der Waals surface area contributed by atoms with Gasteiger partial charge in [-0.3, -0.25) is 9.59 Å². The van der Waals surface area contributed by atoms with Gasteiger partial charge in [-0.15, -0.1) is 0 Å². The summed E-state index contributed by atoms with van der Waals surface area (Å²) in [6.07, 6.45) is 4.81. The number of aryl methyl sites for hydroxylation is 1. The second-order valence-corrected chi connectivity index (χ2v) is 12.4. The molecule has 0 radical (unpaired) electrons. The number of rotatable bonds is 11. The van der Waals surface area contributed by atoms with Crippen molar-refractivity contribution in [1.29, 1.82) is 0 Å². The van der Waals surface area contributed by atoms with Crippen LogP contribution >= 0.6 is 0 Å². The van der Waals surface area contributed by atoms with Crippen molar-refractivity contribution in [3.8, 4) is 0 Å². The van der Waals surface area contributed by atoms with Crippen molar-refractivity contribution in [2.75, 3.05) is 27.7 Å². The lowest BCUT2D eigenvalue weighted by Gasteiger charge is -2.38. The maximum Gasteiger partial charge on any atom is 0.331 e. The van der Waals surface area contributed by atoms with Crippen LogP contribution in [0.3, 0.4) is 0 Å². The van der Waals surface area contributed by atoms with E-state index in [0.29, 0.717) is 0 Å². The van der Waals surface area contributed by atoms with E-state index in [9.17, 15) is 14.4 Å². The van der Waals surface area contributed by atoms with Crippen LogP contribution < -0.4 is 16.0 Å². The van der Waals surface area contributed by atoms with Crippen LogP contribution in [0.25, 0.3) is 10.9 Å². The molecule has 2 atom stereocenters. The second kappa shape index (κ2) is 15.2. The van der Waals surface area contributed by atoms with Crippen molar-refractivity contribution in [2.24, 2.45) is 12.5 Å². The predicted molar refractivity (Wildman–Crippen MR) is 168 cm³/mol. The van der Waals surface area contributed by atoms with Gasteiger partial charge in [-0.1, -0.05) is 67.0 Å². The Morgan fingerprint density at radius 1 is 1.07 bits per heavy atom. The number of aromatic nitrogens is 1. The molecule has 230 valence electrons. The Morgan fingerprint density at radius 2 is 1.66 bits per heavy atom. The molecule has 9 nitrogen and oxygen atoms in total. The summed E-state index contributed by atoms with van der Waals surface area (Å²) >= 11 is 0. The van der Waals surface area contributed by atoms with Crippen LogP contribution in [-0.4, -0.2) is 72.1 Å². The van der Waals surface area contributed by atoms with Crippen LogP contribution in [-0.2, 0) is 33.4 Å². The molecule has 0 saturated heterocycles. The number of likely N-dealkylation sites (N-methyl/N-ethyl adjacent to an activating group) is 2. The molecule has 0 aliphatic heterocycles. The Hall–Kier alpha value is -3.17. The molecule has 0 fully saturated rings. The van der Waals surface area contributed by atoms with Gasteiger partial charge in [0.1, 0.15) is 6.04 Å². The van der Waals surface area contributed by atoms with Crippen LogP contribution in [0.4, 0.5) is 0 Å². The van der Waals surface area contributed by atoms with E-state index in [1.165, 1.54) is 24.3 Å². The number of nitrogens with one attached hydrogen (secondary N) is 3. The van der Waals surface area contributed by atoms with E-state index in [0.717, 1.165) is 28.6 Å². The van der Waals surface area contributed by atoms with Crippen LogP contribution in [0.2, 0.25) is 0 Å². The highest BCUT2D eigenvalue weighted by molar-refractivity contribution is 5.93. The maximum atomic E-state index is 13.8. The van der Waals surface area contributed by atoms with Gasteiger partial charge < -0.3 is 30.5 Å². The number of hydrogen-bond donors (Lipinski definition) is 4. The van der Waals surface area contributed by atoms with Crippen LogP contribution in [0.5, 0.6) is 0 Å². The molecule has 0 spiro atoms. The first-order valence-corrected chi connectivity index (χ1v) is 14.3. The summed E-state index contributed by atoms with van der Waals surface area (Å²) in [6, 6.07) is 4.93. The van der Waals surface area contributed by atoms with E-state index in [1.54, 1.807) is 14.1 Å². The van der Waals surface area contributed by atoms with Gasteiger partial charge in [-0.2, -0.15) is 0 Å². The normalized spacial score (nSPS) is 13.7. The average Bonchev–Trinajstić information content (AvgIpc) is 3.21. The first-order chi connectivity index (χ1) is 19.0. The van der Waals surface area contributed by atoms with Crippen LogP contribution in [0, 0.1) is 5.41 Å². The molecule has 0 aliphatic rings. The number of carboxylic acids is 1. The van der Waals surface area contributed by atoms with Gasteiger partial charge in [-0.25, -0.2) is 4.79 Å². The monoisotopic (exact) mass is 571 g/mol. The van der Waals surface area contributed by atoms with Crippen molar-refractivity contribution < 1.29 is 19.5 Å². The summed E-state index contributed by atoms with van der Waals surface area (Å²) in [5, 5.41) is 19.6. The van der Waals surface area contributed by atoms with Gasteiger partial charge >= 0.3 is 5.97 Å². The number of benzene rings is 1. The maximum absolute atomic E-state index is 13.8. The summed E-state index contributed by atoms with van der Waals surface area (Å²) in [5.74, 6) is -1.59. The van der Waals surface area contributed by atoms with E-state index >= 15 is 0 Å². The van der Waals surface area contributed by atoms with Gasteiger partial charge in [0, 0.05) is 55.3 Å². The standard InChI is InChI=1S/C29H45N5O4.C3H8/c1-18(27(37)38)13-14-33(9)26(36)24(28(2,3)4)32-25(35)23(31-8)29(5,6)21-17-34(10)22-12-11-19(16-30-7)15-20(21)22;1-3-2/h11-13,15,17,23-24,30-31H,14,16H2,1-10H3,(H,32,35)(H,37,38);3H2,1-2H3/b18-13+;. The topological polar surface area (TPSA) is 116 Å². The van der Waals surface area contributed by atoms with Crippen molar-refractivity contribution in [3.05, 3.63) is 47.2 Å². The molecule has 1 aromatic carbocycles. The van der Waals surface area contributed by atoms with E-state index in [4.69, 9.17) is 5.11 Å². The Balaban J connectivity index is 0.00000268. The lowest BCUT2D eigenvalue weighted by atomic mass is 9.76. The summed E-state index contributed by atoms with van der Waals surface area (Å²) in [7, 11) is 7.27. The molecule has 2 unspecified atom stereocenters. The highest BCUT2D eigenvalue weighted by Crippen LogP contribution is 2.35. The van der Waals surface area contributed by atoms with E-state index in [1.807, 2.05) is 48.7 Å². The van der Waals surface area contributed by atoms with Gasteiger partial charge in [0.2, 0.25) is 11.8 Å². The summed E-state index contributed by atoms with van der Waals surface area (Å²) < 4.78 is 2.07. The van der Waals surface area contributed by atoms with E-state index < -0.39 is 28.9 Å². The lowest BCUT2D eigenvalue weighted by Crippen LogP contribution is -2.60. The Bertz CT molecular complexity index is 1220. The fraction of sp³-hybridized carbons (Fsp3) is 0.594. The molecular weight excluding hydrogens is 518 g/mol. The fourth-order valence-electron chi connectivity index (χ4n) is 4.79. The zero-order valence-electron chi connectivity index (χ0n) is 27.2. The zero-order chi connectivity index (χ0) is 31.7. The van der Waals surface area contributed by atoms with Gasteiger partial charge in [0.15, 0.2) is 0 Å². The first-order valence-electron chi connectivity index (χ1n) is 14.3.